The van der Waals surface area contributed by atoms with Gasteiger partial charge in [0.05, 0.1) is 6.54 Å². The highest BCUT2D eigenvalue weighted by Crippen LogP contribution is 2.23. The van der Waals surface area contributed by atoms with Crippen LogP contribution in [0, 0.1) is 11.3 Å². The summed E-state index contributed by atoms with van der Waals surface area (Å²) in [4.78, 5) is 5.69. The van der Waals surface area contributed by atoms with Crippen LogP contribution in [-0.4, -0.2) is 56.3 Å². The van der Waals surface area contributed by atoms with Gasteiger partial charge >= 0.3 is 6.18 Å². The summed E-state index contributed by atoms with van der Waals surface area (Å²) in [6.07, 6.45) is -1.15. The maximum Gasteiger partial charge on any atom is 0.401 e. The second-order valence-electron chi connectivity index (χ2n) is 8.10. The third kappa shape index (κ3) is 9.35. The van der Waals surface area contributed by atoms with E-state index in [1.54, 1.807) is 7.05 Å². The summed E-state index contributed by atoms with van der Waals surface area (Å²) in [5.74, 6) is 0.960. The first-order chi connectivity index (χ1) is 11.0. The lowest BCUT2D eigenvalue weighted by Gasteiger charge is -2.23. The van der Waals surface area contributed by atoms with Gasteiger partial charge in [-0.05, 0) is 44.1 Å². The summed E-state index contributed by atoms with van der Waals surface area (Å²) >= 11 is 0. The first kappa shape index (κ1) is 21.1. The fourth-order valence-electron chi connectivity index (χ4n) is 2.87. The van der Waals surface area contributed by atoms with Crippen LogP contribution in [0.15, 0.2) is 4.99 Å². The normalized spacial score (nSPS) is 21.8. The van der Waals surface area contributed by atoms with Gasteiger partial charge in [0, 0.05) is 26.2 Å². The van der Waals surface area contributed by atoms with Crippen molar-refractivity contribution in [2.45, 2.75) is 59.2 Å². The van der Waals surface area contributed by atoms with Crippen LogP contribution in [0.5, 0.6) is 0 Å². The van der Waals surface area contributed by atoms with Crippen molar-refractivity contribution in [1.29, 1.82) is 0 Å². The molecule has 0 aromatic carbocycles. The number of guanidine groups is 1. The van der Waals surface area contributed by atoms with Crippen LogP contribution < -0.4 is 10.6 Å². The zero-order chi connectivity index (χ0) is 18.4. The second-order valence-corrected chi connectivity index (χ2v) is 8.10. The van der Waals surface area contributed by atoms with Crippen molar-refractivity contribution in [3.8, 4) is 0 Å². The molecule has 4 nitrogen and oxygen atoms in total. The molecule has 0 bridgehead atoms. The van der Waals surface area contributed by atoms with Crippen LogP contribution >= 0.6 is 0 Å². The largest absolute Gasteiger partial charge is 0.401 e. The minimum absolute atomic E-state index is 0.232. The molecule has 1 heterocycles. The van der Waals surface area contributed by atoms with Crippen molar-refractivity contribution in [2.75, 3.05) is 33.2 Å². The summed E-state index contributed by atoms with van der Waals surface area (Å²) in [5.41, 5.74) is 0.304. The maximum atomic E-state index is 12.4. The molecule has 0 aliphatic carbocycles. The molecule has 0 saturated carbocycles. The Morgan fingerprint density at radius 3 is 2.50 bits per heavy atom. The van der Waals surface area contributed by atoms with Crippen LogP contribution in [0.25, 0.3) is 0 Å². The number of likely N-dealkylation sites (tertiary alicyclic amines) is 1. The van der Waals surface area contributed by atoms with Gasteiger partial charge in [0.15, 0.2) is 5.96 Å². The topological polar surface area (TPSA) is 39.7 Å². The van der Waals surface area contributed by atoms with Crippen LogP contribution in [0.2, 0.25) is 0 Å². The number of rotatable bonds is 6. The van der Waals surface area contributed by atoms with E-state index in [2.05, 4.69) is 43.3 Å². The van der Waals surface area contributed by atoms with E-state index in [-0.39, 0.29) is 5.92 Å². The van der Waals surface area contributed by atoms with Gasteiger partial charge in [0.2, 0.25) is 0 Å². The third-order valence-corrected chi connectivity index (χ3v) is 4.27. The zero-order valence-corrected chi connectivity index (χ0v) is 15.6. The van der Waals surface area contributed by atoms with Crippen molar-refractivity contribution < 1.29 is 13.2 Å². The van der Waals surface area contributed by atoms with Crippen molar-refractivity contribution >= 4 is 5.96 Å². The summed E-state index contributed by atoms with van der Waals surface area (Å²) in [7, 11) is 1.72. The molecule has 2 unspecified atom stereocenters. The van der Waals surface area contributed by atoms with Crippen LogP contribution in [0.3, 0.4) is 0 Å². The Kier molecular flexibility index (Phi) is 7.83. The standard InChI is InChI=1S/C17H33F3N4/c1-13(6-8-16(2,3)4)23-15(21-5)22-10-14-7-9-24(11-14)12-17(18,19)20/h13-14H,6-12H2,1-5H3,(H2,21,22,23). The molecule has 0 amide bonds. The summed E-state index contributed by atoms with van der Waals surface area (Å²) in [6, 6.07) is 0.306. The van der Waals surface area contributed by atoms with E-state index in [1.165, 1.54) is 4.90 Å². The lowest BCUT2D eigenvalue weighted by atomic mass is 9.89. The van der Waals surface area contributed by atoms with Gasteiger partial charge < -0.3 is 10.6 Å². The maximum absolute atomic E-state index is 12.4. The highest BCUT2D eigenvalue weighted by atomic mass is 19.4. The Morgan fingerprint density at radius 1 is 1.29 bits per heavy atom. The molecule has 0 aromatic rings. The molecule has 1 aliphatic rings. The highest BCUT2D eigenvalue weighted by Gasteiger charge is 2.34. The van der Waals surface area contributed by atoms with E-state index in [4.69, 9.17) is 0 Å². The van der Waals surface area contributed by atoms with Crippen molar-refractivity contribution in [3.63, 3.8) is 0 Å². The molecular weight excluding hydrogens is 317 g/mol. The van der Waals surface area contributed by atoms with Gasteiger partial charge in [-0.1, -0.05) is 20.8 Å². The molecule has 0 aromatic heterocycles. The molecule has 7 heteroatoms. The number of aliphatic imine (C=N–C) groups is 1. The van der Waals surface area contributed by atoms with Crippen molar-refractivity contribution in [3.05, 3.63) is 0 Å². The minimum atomic E-state index is -4.11. The third-order valence-electron chi connectivity index (χ3n) is 4.27. The highest BCUT2D eigenvalue weighted by molar-refractivity contribution is 5.79. The monoisotopic (exact) mass is 350 g/mol. The van der Waals surface area contributed by atoms with E-state index in [1.807, 2.05) is 0 Å². The summed E-state index contributed by atoms with van der Waals surface area (Å²) < 4.78 is 37.2. The van der Waals surface area contributed by atoms with E-state index in [9.17, 15) is 13.2 Å². The molecule has 1 saturated heterocycles. The molecule has 1 rings (SSSR count). The zero-order valence-electron chi connectivity index (χ0n) is 15.6. The van der Waals surface area contributed by atoms with Gasteiger partial charge in [-0.25, -0.2) is 0 Å². The van der Waals surface area contributed by atoms with Gasteiger partial charge in [-0.2, -0.15) is 13.2 Å². The SMILES string of the molecule is CN=C(NCC1CCN(CC(F)(F)F)C1)NC(C)CCC(C)(C)C. The molecule has 1 aliphatic heterocycles. The Balaban J connectivity index is 2.30. The summed E-state index contributed by atoms with van der Waals surface area (Å²) in [6.45, 7) is 9.64. The predicted molar refractivity (Wildman–Crippen MR) is 93.3 cm³/mol. The van der Waals surface area contributed by atoms with Gasteiger partial charge in [-0.15, -0.1) is 0 Å². The lowest BCUT2D eigenvalue weighted by Crippen LogP contribution is -2.44. The predicted octanol–water partition coefficient (Wildman–Crippen LogP) is 3.25. The minimum Gasteiger partial charge on any atom is -0.356 e. The number of nitrogens with one attached hydrogen (secondary N) is 2. The van der Waals surface area contributed by atoms with Crippen LogP contribution in [0.1, 0.15) is 47.0 Å². The van der Waals surface area contributed by atoms with Gasteiger partial charge in [0.25, 0.3) is 0 Å². The molecule has 142 valence electrons. The van der Waals surface area contributed by atoms with E-state index in [0.717, 1.165) is 25.2 Å². The molecule has 0 spiro atoms. The smallest absolute Gasteiger partial charge is 0.356 e. The molecule has 2 N–H and O–H groups in total. The quantitative estimate of drug-likeness (QED) is 0.571. The van der Waals surface area contributed by atoms with Gasteiger partial charge in [0.1, 0.15) is 0 Å². The number of hydrogen-bond donors (Lipinski definition) is 2. The second kappa shape index (κ2) is 8.92. The Labute approximate surface area is 144 Å². The van der Waals surface area contributed by atoms with E-state index >= 15 is 0 Å². The Hall–Kier alpha value is -0.980. The average molecular weight is 350 g/mol. The number of halogens is 3. The molecule has 1 fully saturated rings. The fourth-order valence-corrected chi connectivity index (χ4v) is 2.87. The van der Waals surface area contributed by atoms with Crippen LogP contribution in [0.4, 0.5) is 13.2 Å². The number of hydrogen-bond acceptors (Lipinski definition) is 2. The Bertz CT molecular complexity index is 402. The van der Waals surface area contributed by atoms with Gasteiger partial charge in [-0.3, -0.25) is 9.89 Å². The number of alkyl halides is 3. The fraction of sp³-hybridized carbons (Fsp3) is 0.941. The average Bonchev–Trinajstić information content (AvgIpc) is 2.85. The molecule has 24 heavy (non-hydrogen) atoms. The van der Waals surface area contributed by atoms with E-state index < -0.39 is 12.7 Å². The molecule has 2 atom stereocenters. The van der Waals surface area contributed by atoms with E-state index in [0.29, 0.717) is 31.1 Å². The van der Waals surface area contributed by atoms with Crippen molar-refractivity contribution in [1.82, 2.24) is 15.5 Å². The van der Waals surface area contributed by atoms with Crippen molar-refractivity contribution in [2.24, 2.45) is 16.3 Å². The number of nitrogens with zero attached hydrogens (tertiary/aromatic N) is 2. The lowest BCUT2D eigenvalue weighted by molar-refractivity contribution is -0.143. The Morgan fingerprint density at radius 2 is 1.96 bits per heavy atom. The first-order valence-corrected chi connectivity index (χ1v) is 8.75. The van der Waals surface area contributed by atoms with Crippen LogP contribution in [-0.2, 0) is 0 Å². The first-order valence-electron chi connectivity index (χ1n) is 8.75. The molecule has 0 radical (unpaired) electrons. The molecular formula is C17H33F3N4. The summed E-state index contributed by atoms with van der Waals surface area (Å²) in [5, 5.41) is 6.61.